The Bertz CT molecular complexity index is 715. The predicted octanol–water partition coefficient (Wildman–Crippen LogP) is 1.26. The molecule has 4 rings (SSSR count). The zero-order valence-electron chi connectivity index (χ0n) is 14.1. The minimum atomic E-state index is -3.54. The van der Waals surface area contributed by atoms with Crippen molar-refractivity contribution >= 4 is 12.1 Å². The van der Waals surface area contributed by atoms with Crippen LogP contribution in [-0.4, -0.2) is 36.0 Å². The summed E-state index contributed by atoms with van der Waals surface area (Å²) in [5.74, 6) is -6.23. The summed E-state index contributed by atoms with van der Waals surface area (Å²) < 4.78 is 95.1. The molecule has 0 aromatic heterocycles. The summed E-state index contributed by atoms with van der Waals surface area (Å²) in [7, 11) is 0. The van der Waals surface area contributed by atoms with E-state index in [9.17, 15) is 31.5 Å². The summed E-state index contributed by atoms with van der Waals surface area (Å²) >= 11 is 0. The van der Waals surface area contributed by atoms with Crippen molar-refractivity contribution in [1.29, 1.82) is 0 Å². The van der Waals surface area contributed by atoms with E-state index in [0.717, 1.165) is 13.3 Å². The van der Waals surface area contributed by atoms with Gasteiger partial charge in [0.25, 0.3) is 11.7 Å². The molecular weight excluding hydrogens is 933 g/mol. The first-order valence-corrected chi connectivity index (χ1v) is 6.47. The maximum atomic E-state index is 12.3. The van der Waals surface area contributed by atoms with Crippen molar-refractivity contribution in [2.45, 2.75) is 30.8 Å². The van der Waals surface area contributed by atoms with Gasteiger partial charge in [-0.1, -0.05) is 0 Å². The molecule has 29 heavy (non-hydrogen) atoms. The third-order valence-corrected chi connectivity index (χ3v) is 3.03. The molecule has 0 unspecified atom stereocenters. The fraction of sp³-hybridized carbons (Fsp3) is 0.417. The van der Waals surface area contributed by atoms with Crippen LogP contribution >= 0.6 is 0 Å². The first kappa shape index (κ1) is 22.6. The molecule has 0 aromatic rings. The Morgan fingerprint density at radius 1 is 0.931 bits per heavy atom. The fourth-order valence-corrected chi connectivity index (χ4v) is 1.88. The molecule has 4 heterocycles. The van der Waals surface area contributed by atoms with Crippen molar-refractivity contribution in [2.24, 2.45) is 0 Å². The van der Waals surface area contributed by atoms with E-state index in [0.29, 0.717) is 0 Å². The van der Waals surface area contributed by atoms with Gasteiger partial charge in [-0.25, -0.2) is 6.33 Å². The Morgan fingerprint density at radius 2 is 1.41 bits per heavy atom. The normalized spacial score (nSPS) is 34.4. The van der Waals surface area contributed by atoms with Gasteiger partial charge in [0.15, 0.2) is 0 Å². The molecule has 0 amide bonds. The van der Waals surface area contributed by atoms with Crippen molar-refractivity contribution in [1.82, 2.24) is 0 Å². The van der Waals surface area contributed by atoms with Gasteiger partial charge in [-0.15, -0.1) is 0 Å². The molecule has 4 aliphatic heterocycles. The molecule has 154 valence electrons. The number of halogens is 5. The van der Waals surface area contributed by atoms with Gasteiger partial charge < -0.3 is 32.1 Å². The molecule has 0 radical (unpaired) electrons. The SMILES string of the molecule is C=C1OC2(O1)OC(=[C-]F)O2.CC1(C(=O)F)OC2(O1)OC(C(=O)F)([C-](F)F)O2.[Rf].[Rf]. The summed E-state index contributed by atoms with van der Waals surface area (Å²) in [6.07, 6.45) is -5.92. The van der Waals surface area contributed by atoms with Crippen LogP contribution in [0, 0.1) is 12.8 Å². The van der Waals surface area contributed by atoms with Crippen LogP contribution in [0.15, 0.2) is 18.5 Å². The zero-order valence-corrected chi connectivity index (χ0v) is 26.9. The van der Waals surface area contributed by atoms with Crippen molar-refractivity contribution in [3.63, 3.8) is 0 Å². The molecule has 0 bridgehead atoms. The summed E-state index contributed by atoms with van der Waals surface area (Å²) in [6.45, 7) is 4.07. The molecule has 2 spiro atoms. The van der Waals surface area contributed by atoms with Gasteiger partial charge in [0.2, 0.25) is 5.79 Å². The van der Waals surface area contributed by atoms with E-state index in [1.54, 1.807) is 0 Å². The second-order valence-electron chi connectivity index (χ2n) is 4.94. The Labute approximate surface area is 144 Å². The Hall–Kier alpha value is -4.49. The average Bonchev–Trinajstić information content (AvgIpc) is 2.43. The van der Waals surface area contributed by atoms with E-state index in [1.165, 1.54) is 0 Å². The maximum absolute atomic E-state index is 12.3. The van der Waals surface area contributed by atoms with Crippen LogP contribution in [0.25, 0.3) is 0 Å². The number of carbonyl (C=O) groups is 2. The quantitative estimate of drug-likeness (QED) is 0.234. The van der Waals surface area contributed by atoms with Gasteiger partial charge in [-0.05, 0) is 6.58 Å². The Morgan fingerprint density at radius 3 is 1.72 bits per heavy atom. The van der Waals surface area contributed by atoms with Crippen LogP contribution in [0.5, 0.6) is 0 Å². The van der Waals surface area contributed by atoms with E-state index in [-0.39, 0.29) is 11.9 Å². The summed E-state index contributed by atoms with van der Waals surface area (Å²) in [5.41, 5.74) is 0. The second kappa shape index (κ2) is 6.29. The monoisotopic (exact) mass is 938 g/mol. The van der Waals surface area contributed by atoms with Crippen LogP contribution in [0.4, 0.5) is 22.0 Å². The molecule has 10 nitrogen and oxygen atoms in total. The van der Waals surface area contributed by atoms with E-state index >= 15 is 0 Å². The zero-order chi connectivity index (χ0) is 20.3. The van der Waals surface area contributed by atoms with Gasteiger partial charge in [0, 0.05) is 6.92 Å². The number of rotatable bonds is 3. The van der Waals surface area contributed by atoms with E-state index in [2.05, 4.69) is 44.5 Å². The van der Waals surface area contributed by atoms with Crippen LogP contribution < -0.4 is 0 Å². The minimum absolute atomic E-state index is 0. The maximum Gasteiger partial charge on any atom is 0.615 e. The van der Waals surface area contributed by atoms with Crippen molar-refractivity contribution in [2.75, 3.05) is 0 Å². The first-order valence-electron chi connectivity index (χ1n) is 6.47. The smallest absolute Gasteiger partial charge is 0.451 e. The molecule has 4 saturated heterocycles. The van der Waals surface area contributed by atoms with Gasteiger partial charge in [0.1, 0.15) is 5.95 Å². The molecule has 4 aliphatic rings. The first-order chi connectivity index (χ1) is 12.4. The van der Waals surface area contributed by atoms with Gasteiger partial charge in [-0.3, -0.25) is 28.5 Å². The number of carbonyl (C=O) groups excluding carboxylic acids is 2. The second-order valence-corrected chi connectivity index (χ2v) is 4.94. The fourth-order valence-electron chi connectivity index (χ4n) is 1.88. The largest absolute Gasteiger partial charge is 0.615 e. The number of hydrogen-bond acceptors (Lipinski definition) is 10. The van der Waals surface area contributed by atoms with E-state index in [4.69, 9.17) is 0 Å². The van der Waals surface area contributed by atoms with Crippen LogP contribution in [0.2, 0.25) is 0 Å². The standard InChI is InChI=1S/C7H3F4O6.C5H2FO4.2Rf/c1-5(3(10)12)14-7(15-5)16-6(17-7,2(8)9)4(11)13;1-3-7-5(8-3)9-4(2-6)10-5;;/h1H3;1H2;;/q2*-1;;. The molecule has 0 saturated carbocycles. The van der Waals surface area contributed by atoms with E-state index < -0.39 is 42.4 Å². The van der Waals surface area contributed by atoms with Crippen LogP contribution in [-0.2, 0) is 47.5 Å². The number of hydrogen-bond donors (Lipinski definition) is 0. The van der Waals surface area contributed by atoms with E-state index in [1.807, 2.05) is 0 Å². The summed E-state index contributed by atoms with van der Waals surface area (Å²) in [4.78, 5) is 20.5. The molecule has 0 N–H and O–H groups in total. The molecule has 4 fully saturated rings. The number of ether oxygens (including phenoxy) is 8. The summed E-state index contributed by atoms with van der Waals surface area (Å²) in [6, 6.07) is -4.72. The van der Waals surface area contributed by atoms with Gasteiger partial charge >= 0.3 is 24.4 Å². The molecule has 0 atom stereocenters. The Kier molecular flexibility index (Phi) is 4.89. The Balaban J connectivity index is 0.000000301. The van der Waals surface area contributed by atoms with Crippen LogP contribution in [0.1, 0.15) is 6.92 Å². The van der Waals surface area contributed by atoms with Gasteiger partial charge in [-0.2, -0.15) is 8.78 Å². The van der Waals surface area contributed by atoms with Crippen molar-refractivity contribution in [3.8, 4) is 0 Å². The minimum Gasteiger partial charge on any atom is -0.451 e. The molecular formula is C12H5F5O10Rf2-2. The predicted molar refractivity (Wildman–Crippen MR) is 60.0 cm³/mol. The van der Waals surface area contributed by atoms with Gasteiger partial charge in [0.05, 0.1) is 6.43 Å². The third kappa shape index (κ3) is 3.07. The van der Waals surface area contributed by atoms with Crippen molar-refractivity contribution in [3.05, 3.63) is 31.2 Å². The van der Waals surface area contributed by atoms with Crippen molar-refractivity contribution < 1.29 is 69.4 Å². The average molecular weight is 938 g/mol. The molecule has 17 heteroatoms. The molecule has 0 aliphatic carbocycles. The topological polar surface area (TPSA) is 108 Å². The molecule has 0 aromatic carbocycles. The van der Waals surface area contributed by atoms with Crippen LogP contribution in [0.3, 0.4) is 0 Å². The summed E-state index contributed by atoms with van der Waals surface area (Å²) in [5, 5.41) is 0. The third-order valence-electron chi connectivity index (χ3n) is 3.03.